The first-order valence-electron chi connectivity index (χ1n) is 4.81. The van der Waals surface area contributed by atoms with Gasteiger partial charge in [0.1, 0.15) is 0 Å². The predicted molar refractivity (Wildman–Crippen MR) is 63.8 cm³/mol. The third-order valence-corrected chi connectivity index (χ3v) is 2.26. The van der Waals surface area contributed by atoms with Crippen molar-refractivity contribution >= 4 is 17.6 Å². The van der Waals surface area contributed by atoms with Crippen LogP contribution in [0.25, 0.3) is 0 Å². The monoisotopic (exact) mass is 237 g/mol. The van der Waals surface area contributed by atoms with Gasteiger partial charge < -0.3 is 10.4 Å². The zero-order chi connectivity index (χ0) is 12.0. The van der Waals surface area contributed by atoms with Crippen LogP contribution in [-0.2, 0) is 0 Å². The Bertz CT molecular complexity index is 446. The first kappa shape index (κ1) is 12.6. The van der Waals surface area contributed by atoms with Crippen molar-refractivity contribution in [3.05, 3.63) is 34.3 Å². The van der Waals surface area contributed by atoms with Crippen molar-refractivity contribution in [2.45, 2.75) is 6.42 Å². The molecule has 0 atom stereocenters. The summed E-state index contributed by atoms with van der Waals surface area (Å²) in [4.78, 5) is 10.8. The number of carbonyl (C=O) groups is 1. The topological polar surface area (TPSA) is 49.3 Å². The molecule has 0 unspecified atom stereocenters. The van der Waals surface area contributed by atoms with Gasteiger partial charge in [0.2, 0.25) is 0 Å². The molecule has 0 radical (unpaired) electrons. The Hall–Kier alpha value is -1.50. The molecule has 16 heavy (non-hydrogen) atoms. The fraction of sp³-hybridized carbons (Fsp3) is 0.250. The molecule has 0 spiro atoms. The van der Waals surface area contributed by atoms with Crippen LogP contribution in [-0.4, -0.2) is 24.7 Å². The second-order valence-electron chi connectivity index (χ2n) is 3.16. The maximum Gasteiger partial charge on any atom is 0.337 e. The van der Waals surface area contributed by atoms with Crippen LogP contribution in [0.5, 0.6) is 0 Å². The third-order valence-electron chi connectivity index (χ3n) is 1.93. The molecule has 2 N–H and O–H groups in total. The Morgan fingerprint density at radius 1 is 1.56 bits per heavy atom. The molecule has 0 aliphatic rings. The van der Waals surface area contributed by atoms with Gasteiger partial charge in [-0.15, -0.1) is 0 Å². The normalized spacial score (nSPS) is 9.38. The van der Waals surface area contributed by atoms with Gasteiger partial charge in [-0.05, 0) is 25.2 Å². The molecule has 84 valence electrons. The molecule has 0 amide bonds. The van der Waals surface area contributed by atoms with Crippen LogP contribution in [0.15, 0.2) is 18.2 Å². The Balaban J connectivity index is 2.85. The number of benzene rings is 1. The molecule has 1 aromatic carbocycles. The van der Waals surface area contributed by atoms with Crippen LogP contribution in [0.1, 0.15) is 22.3 Å². The molecule has 0 aliphatic heterocycles. The van der Waals surface area contributed by atoms with Crippen LogP contribution >= 0.6 is 11.6 Å². The predicted octanol–water partition coefficient (Wildman–Crippen LogP) is 2.00. The van der Waals surface area contributed by atoms with Crippen molar-refractivity contribution in [3.63, 3.8) is 0 Å². The molecular weight excluding hydrogens is 226 g/mol. The fourth-order valence-electron chi connectivity index (χ4n) is 1.12. The van der Waals surface area contributed by atoms with Crippen LogP contribution in [0.3, 0.4) is 0 Å². The highest BCUT2D eigenvalue weighted by atomic mass is 35.5. The molecule has 0 saturated heterocycles. The summed E-state index contributed by atoms with van der Waals surface area (Å²) < 4.78 is 0. The summed E-state index contributed by atoms with van der Waals surface area (Å²) in [6, 6.07) is 4.74. The van der Waals surface area contributed by atoms with Crippen LogP contribution in [0.4, 0.5) is 0 Å². The number of hydrogen-bond acceptors (Lipinski definition) is 2. The molecule has 0 heterocycles. The first-order chi connectivity index (χ1) is 7.65. The fourth-order valence-corrected chi connectivity index (χ4v) is 1.32. The zero-order valence-corrected chi connectivity index (χ0v) is 9.64. The minimum atomic E-state index is -1.04. The van der Waals surface area contributed by atoms with Crippen molar-refractivity contribution < 1.29 is 9.90 Å². The minimum absolute atomic E-state index is 0.0853. The summed E-state index contributed by atoms with van der Waals surface area (Å²) in [7, 11) is 1.85. The lowest BCUT2D eigenvalue weighted by molar-refractivity contribution is 0.0697. The Morgan fingerprint density at radius 2 is 2.31 bits per heavy atom. The van der Waals surface area contributed by atoms with E-state index >= 15 is 0 Å². The third kappa shape index (κ3) is 3.58. The largest absolute Gasteiger partial charge is 0.478 e. The second-order valence-corrected chi connectivity index (χ2v) is 3.56. The molecule has 0 saturated carbocycles. The van der Waals surface area contributed by atoms with E-state index in [0.29, 0.717) is 5.56 Å². The highest BCUT2D eigenvalue weighted by molar-refractivity contribution is 6.33. The van der Waals surface area contributed by atoms with E-state index in [0.717, 1.165) is 13.0 Å². The molecule has 0 fully saturated rings. The average Bonchev–Trinajstić information content (AvgIpc) is 2.26. The SMILES string of the molecule is CNCCC#Cc1ccc(Cl)c(C(=O)O)c1. The second kappa shape index (κ2) is 6.16. The molecular formula is C12H12ClNO2. The van der Waals surface area contributed by atoms with E-state index in [1.807, 2.05) is 7.05 Å². The molecule has 1 rings (SSSR count). The molecule has 1 aromatic rings. The van der Waals surface area contributed by atoms with Crippen molar-refractivity contribution in [2.75, 3.05) is 13.6 Å². The highest BCUT2D eigenvalue weighted by Crippen LogP contribution is 2.17. The van der Waals surface area contributed by atoms with E-state index < -0.39 is 5.97 Å². The van der Waals surface area contributed by atoms with Crippen molar-refractivity contribution in [1.82, 2.24) is 5.32 Å². The van der Waals surface area contributed by atoms with E-state index in [2.05, 4.69) is 17.2 Å². The van der Waals surface area contributed by atoms with Gasteiger partial charge in [-0.25, -0.2) is 4.79 Å². The van der Waals surface area contributed by atoms with Gasteiger partial charge >= 0.3 is 5.97 Å². The van der Waals surface area contributed by atoms with Gasteiger partial charge in [-0.2, -0.15) is 0 Å². The van der Waals surface area contributed by atoms with Crippen LogP contribution < -0.4 is 5.32 Å². The van der Waals surface area contributed by atoms with Gasteiger partial charge in [-0.1, -0.05) is 23.4 Å². The van der Waals surface area contributed by atoms with Crippen molar-refractivity contribution in [3.8, 4) is 11.8 Å². The summed E-state index contributed by atoms with van der Waals surface area (Å²) in [5, 5.41) is 12.1. The van der Waals surface area contributed by atoms with Crippen molar-refractivity contribution in [1.29, 1.82) is 0 Å². The number of rotatable bonds is 3. The summed E-state index contributed by atoms with van der Waals surface area (Å²) in [6.07, 6.45) is 0.724. The Labute approximate surface area is 99.4 Å². The summed E-state index contributed by atoms with van der Waals surface area (Å²) in [6.45, 7) is 0.812. The molecule has 4 heteroatoms. The number of carboxylic acid groups (broad SMARTS) is 1. The zero-order valence-electron chi connectivity index (χ0n) is 8.88. The lowest BCUT2D eigenvalue weighted by Crippen LogP contribution is -2.05. The molecule has 0 aromatic heterocycles. The highest BCUT2D eigenvalue weighted by Gasteiger charge is 2.08. The Kier molecular flexibility index (Phi) is 4.84. The van der Waals surface area contributed by atoms with Crippen LogP contribution in [0, 0.1) is 11.8 Å². The number of carboxylic acids is 1. The van der Waals surface area contributed by atoms with Gasteiger partial charge in [0.15, 0.2) is 0 Å². The minimum Gasteiger partial charge on any atom is -0.478 e. The van der Waals surface area contributed by atoms with Gasteiger partial charge in [0, 0.05) is 18.5 Å². The van der Waals surface area contributed by atoms with E-state index in [1.165, 1.54) is 6.07 Å². The first-order valence-corrected chi connectivity index (χ1v) is 5.19. The number of hydrogen-bond donors (Lipinski definition) is 2. The van der Waals surface area contributed by atoms with Crippen LogP contribution in [0.2, 0.25) is 5.02 Å². The van der Waals surface area contributed by atoms with Gasteiger partial charge in [0.25, 0.3) is 0 Å². The number of nitrogens with one attached hydrogen (secondary N) is 1. The number of halogens is 1. The summed E-state index contributed by atoms with van der Waals surface area (Å²) in [5.74, 6) is 4.79. The van der Waals surface area contributed by atoms with E-state index in [-0.39, 0.29) is 10.6 Å². The average molecular weight is 238 g/mol. The quantitative estimate of drug-likeness (QED) is 0.625. The summed E-state index contributed by atoms with van der Waals surface area (Å²) in [5.41, 5.74) is 0.750. The van der Waals surface area contributed by atoms with E-state index in [4.69, 9.17) is 16.7 Å². The van der Waals surface area contributed by atoms with Gasteiger partial charge in [-0.3, -0.25) is 0 Å². The number of aromatic carboxylic acids is 1. The smallest absolute Gasteiger partial charge is 0.337 e. The van der Waals surface area contributed by atoms with Gasteiger partial charge in [0.05, 0.1) is 10.6 Å². The Morgan fingerprint density at radius 3 is 2.94 bits per heavy atom. The lowest BCUT2D eigenvalue weighted by Gasteiger charge is -1.98. The van der Waals surface area contributed by atoms with E-state index in [1.54, 1.807) is 12.1 Å². The van der Waals surface area contributed by atoms with Crippen molar-refractivity contribution in [2.24, 2.45) is 0 Å². The molecule has 0 bridgehead atoms. The maximum absolute atomic E-state index is 10.8. The van der Waals surface area contributed by atoms with E-state index in [9.17, 15) is 4.79 Å². The lowest BCUT2D eigenvalue weighted by atomic mass is 10.1. The molecule has 3 nitrogen and oxygen atoms in total. The summed E-state index contributed by atoms with van der Waals surface area (Å²) >= 11 is 5.74. The standard InChI is InChI=1S/C12H12ClNO2/c1-14-7-3-2-4-9-5-6-11(13)10(8-9)12(15)16/h5-6,8,14H,3,7H2,1H3,(H,15,16). The maximum atomic E-state index is 10.8. The molecule has 0 aliphatic carbocycles.